The molecule has 1 aliphatic carbocycles. The third-order valence-electron chi connectivity index (χ3n) is 4.42. The van der Waals surface area contributed by atoms with Crippen LogP contribution in [0, 0.1) is 5.92 Å². The maximum Gasteiger partial charge on any atom is 0.416 e. The lowest BCUT2D eigenvalue weighted by molar-refractivity contribution is -0.148. The highest BCUT2D eigenvalue weighted by Gasteiger charge is 2.31. The number of esters is 1. The molecule has 1 aliphatic rings. The second-order valence-corrected chi connectivity index (χ2v) is 6.61. The lowest BCUT2D eigenvalue weighted by Gasteiger charge is -2.15. The molecule has 0 heterocycles. The lowest BCUT2D eigenvalue weighted by atomic mass is 10.1. The summed E-state index contributed by atoms with van der Waals surface area (Å²) >= 11 is 0. The highest BCUT2D eigenvalue weighted by molar-refractivity contribution is 5.94. The van der Waals surface area contributed by atoms with Gasteiger partial charge >= 0.3 is 12.1 Å². The second-order valence-electron chi connectivity index (χ2n) is 6.61. The average molecular weight is 403 g/mol. The lowest BCUT2D eigenvalue weighted by Crippen LogP contribution is -2.22. The van der Waals surface area contributed by atoms with Crippen molar-refractivity contribution in [1.29, 1.82) is 0 Å². The van der Waals surface area contributed by atoms with Crippen LogP contribution in [0.4, 0.5) is 18.9 Å². The van der Waals surface area contributed by atoms with E-state index in [0.717, 1.165) is 43.9 Å². The van der Waals surface area contributed by atoms with Crippen LogP contribution in [0.2, 0.25) is 0 Å². The van der Waals surface area contributed by atoms with Crippen LogP contribution in [0.25, 0.3) is 0 Å². The quantitative estimate of drug-likeness (QED) is 0.502. The largest absolute Gasteiger partial charge is 0.489 e. The molecular formula is C19H24F3NO5. The Labute approximate surface area is 161 Å². The Kier molecular flexibility index (Phi) is 8.10. The molecule has 1 fully saturated rings. The van der Waals surface area contributed by atoms with Gasteiger partial charge in [0.2, 0.25) is 0 Å². The third-order valence-corrected chi connectivity index (χ3v) is 4.42. The van der Waals surface area contributed by atoms with Crippen molar-refractivity contribution in [3.63, 3.8) is 0 Å². The molecule has 1 aromatic carbocycles. The van der Waals surface area contributed by atoms with E-state index < -0.39 is 30.2 Å². The number of carbonyl (C=O) groups is 2. The van der Waals surface area contributed by atoms with Crippen LogP contribution in [0.1, 0.15) is 37.7 Å². The minimum atomic E-state index is -4.57. The molecule has 156 valence electrons. The van der Waals surface area contributed by atoms with Gasteiger partial charge in [-0.25, -0.2) is 0 Å². The van der Waals surface area contributed by atoms with Crippen LogP contribution < -0.4 is 10.1 Å². The van der Waals surface area contributed by atoms with Crippen LogP contribution in [0.5, 0.6) is 5.75 Å². The van der Waals surface area contributed by atoms with Crippen LogP contribution in [-0.2, 0) is 25.2 Å². The fourth-order valence-electron chi connectivity index (χ4n) is 3.01. The van der Waals surface area contributed by atoms with Gasteiger partial charge in [-0.05, 0) is 37.0 Å². The fraction of sp³-hybridized carbons (Fsp3) is 0.579. The number of amides is 1. The number of anilines is 1. The predicted octanol–water partition coefficient (Wildman–Crippen LogP) is 3.79. The molecule has 6 nitrogen and oxygen atoms in total. The topological polar surface area (TPSA) is 73.9 Å². The molecule has 0 aliphatic heterocycles. The van der Waals surface area contributed by atoms with Crippen molar-refractivity contribution in [1.82, 2.24) is 0 Å². The standard InChI is InChI=1S/C19H24F3NO5/c1-26-8-9-27-16-7-6-14(19(20,21)22)11-15(16)23-17(24)12-28-18(25)10-13-4-2-3-5-13/h6-7,11,13H,2-5,8-10,12H2,1H3,(H,23,24). The molecule has 0 spiro atoms. The smallest absolute Gasteiger partial charge is 0.416 e. The summed E-state index contributed by atoms with van der Waals surface area (Å²) in [4.78, 5) is 23.8. The summed E-state index contributed by atoms with van der Waals surface area (Å²) in [5, 5.41) is 2.32. The van der Waals surface area contributed by atoms with Gasteiger partial charge in [-0.15, -0.1) is 0 Å². The van der Waals surface area contributed by atoms with Crippen molar-refractivity contribution >= 4 is 17.6 Å². The van der Waals surface area contributed by atoms with Gasteiger partial charge in [-0.3, -0.25) is 9.59 Å². The molecule has 1 N–H and O–H groups in total. The first kappa shape index (κ1) is 22.0. The number of carbonyl (C=O) groups excluding carboxylic acids is 2. The molecule has 28 heavy (non-hydrogen) atoms. The normalized spacial score (nSPS) is 14.7. The van der Waals surface area contributed by atoms with E-state index in [1.54, 1.807) is 0 Å². The SMILES string of the molecule is COCCOc1ccc(C(F)(F)F)cc1NC(=O)COC(=O)CC1CCCC1. The monoisotopic (exact) mass is 403 g/mol. The van der Waals surface area contributed by atoms with Gasteiger partial charge in [0, 0.05) is 13.5 Å². The Morgan fingerprint density at radius 1 is 1.18 bits per heavy atom. The van der Waals surface area contributed by atoms with Crippen molar-refractivity contribution in [3.8, 4) is 5.75 Å². The van der Waals surface area contributed by atoms with Crippen LogP contribution >= 0.6 is 0 Å². The van der Waals surface area contributed by atoms with Crippen molar-refractivity contribution in [2.24, 2.45) is 5.92 Å². The number of halogens is 3. The first-order valence-corrected chi connectivity index (χ1v) is 9.08. The van der Waals surface area contributed by atoms with Gasteiger partial charge in [0.1, 0.15) is 12.4 Å². The Bertz CT molecular complexity index is 672. The van der Waals surface area contributed by atoms with E-state index in [2.05, 4.69) is 5.32 Å². The number of ether oxygens (including phenoxy) is 3. The van der Waals surface area contributed by atoms with E-state index in [1.165, 1.54) is 7.11 Å². The Morgan fingerprint density at radius 2 is 1.89 bits per heavy atom. The van der Waals surface area contributed by atoms with Gasteiger partial charge in [0.25, 0.3) is 5.91 Å². The summed E-state index contributed by atoms with van der Waals surface area (Å²) in [7, 11) is 1.46. The van der Waals surface area contributed by atoms with E-state index in [-0.39, 0.29) is 37.0 Å². The van der Waals surface area contributed by atoms with Crippen molar-refractivity contribution in [2.45, 2.75) is 38.3 Å². The molecule has 0 saturated heterocycles. The summed E-state index contributed by atoms with van der Waals surface area (Å²) in [6.07, 6.45) is -0.221. The van der Waals surface area contributed by atoms with E-state index >= 15 is 0 Å². The zero-order valence-corrected chi connectivity index (χ0v) is 15.6. The van der Waals surface area contributed by atoms with Crippen LogP contribution in [0.15, 0.2) is 18.2 Å². The van der Waals surface area contributed by atoms with E-state index in [0.29, 0.717) is 0 Å². The number of benzene rings is 1. The maximum absolute atomic E-state index is 12.9. The van der Waals surface area contributed by atoms with Gasteiger partial charge in [0.15, 0.2) is 6.61 Å². The number of hydrogen-bond acceptors (Lipinski definition) is 5. The summed E-state index contributed by atoms with van der Waals surface area (Å²) < 4.78 is 54.0. The summed E-state index contributed by atoms with van der Waals surface area (Å²) in [5.74, 6) is -0.881. The molecule has 1 amide bonds. The summed E-state index contributed by atoms with van der Waals surface area (Å²) in [6, 6.07) is 2.76. The van der Waals surface area contributed by atoms with Crippen LogP contribution in [0.3, 0.4) is 0 Å². The van der Waals surface area contributed by atoms with Crippen molar-refractivity contribution in [3.05, 3.63) is 23.8 Å². The average Bonchev–Trinajstić information content (AvgIpc) is 3.13. The third kappa shape index (κ3) is 7.03. The Morgan fingerprint density at radius 3 is 2.54 bits per heavy atom. The van der Waals surface area contributed by atoms with Gasteiger partial charge in [-0.1, -0.05) is 12.8 Å². The molecule has 1 saturated carbocycles. The van der Waals surface area contributed by atoms with Gasteiger partial charge in [-0.2, -0.15) is 13.2 Å². The summed E-state index contributed by atoms with van der Waals surface area (Å²) in [6.45, 7) is -0.242. The minimum Gasteiger partial charge on any atom is -0.489 e. The molecular weight excluding hydrogens is 379 g/mol. The van der Waals surface area contributed by atoms with E-state index in [9.17, 15) is 22.8 Å². The Balaban J connectivity index is 1.96. The summed E-state index contributed by atoms with van der Waals surface area (Å²) in [5.41, 5.74) is -1.08. The number of methoxy groups -OCH3 is 1. The molecule has 0 radical (unpaired) electrons. The highest BCUT2D eigenvalue weighted by Crippen LogP contribution is 2.35. The zero-order valence-electron chi connectivity index (χ0n) is 15.6. The fourth-order valence-corrected chi connectivity index (χ4v) is 3.01. The van der Waals surface area contributed by atoms with Gasteiger partial charge in [0.05, 0.1) is 17.9 Å². The molecule has 0 unspecified atom stereocenters. The van der Waals surface area contributed by atoms with Crippen molar-refractivity contribution < 1.29 is 37.0 Å². The van der Waals surface area contributed by atoms with Gasteiger partial charge < -0.3 is 19.5 Å². The molecule has 9 heteroatoms. The van der Waals surface area contributed by atoms with E-state index in [4.69, 9.17) is 14.2 Å². The molecule has 2 rings (SSSR count). The zero-order chi connectivity index (χ0) is 20.6. The highest BCUT2D eigenvalue weighted by atomic mass is 19.4. The van der Waals surface area contributed by atoms with E-state index in [1.807, 2.05) is 0 Å². The molecule has 0 bridgehead atoms. The number of hydrogen-bond donors (Lipinski definition) is 1. The molecule has 0 aromatic heterocycles. The number of nitrogens with one attached hydrogen (secondary N) is 1. The molecule has 1 aromatic rings. The minimum absolute atomic E-state index is 0.0654. The van der Waals surface area contributed by atoms with Crippen LogP contribution in [-0.4, -0.2) is 38.8 Å². The Hall–Kier alpha value is -2.29. The number of rotatable bonds is 9. The first-order chi connectivity index (χ1) is 13.3. The maximum atomic E-state index is 12.9. The predicted molar refractivity (Wildman–Crippen MR) is 95.0 cm³/mol. The second kappa shape index (κ2) is 10.3. The molecule has 0 atom stereocenters. The van der Waals surface area contributed by atoms with Crippen molar-refractivity contribution in [2.75, 3.05) is 32.2 Å². The number of alkyl halides is 3. The first-order valence-electron chi connectivity index (χ1n) is 9.08.